The molecule has 0 spiro atoms. The summed E-state index contributed by atoms with van der Waals surface area (Å²) in [5.41, 5.74) is 0.409. The number of nitrogens with one attached hydrogen (secondary N) is 2. The molecule has 0 aliphatic carbocycles. The van der Waals surface area contributed by atoms with E-state index >= 15 is 0 Å². The molecule has 0 radical (unpaired) electrons. The third kappa shape index (κ3) is 4.39. The molecular formula is C19H26ClN5O3. The molecule has 2 unspecified atom stereocenters. The van der Waals surface area contributed by atoms with Crippen LogP contribution >= 0.6 is 12.4 Å². The Bertz CT molecular complexity index is 785. The van der Waals surface area contributed by atoms with Gasteiger partial charge in [0.15, 0.2) is 0 Å². The summed E-state index contributed by atoms with van der Waals surface area (Å²) in [4.78, 5) is 27.1. The number of aromatic nitrogens is 2. The van der Waals surface area contributed by atoms with Gasteiger partial charge in [0.2, 0.25) is 5.91 Å². The highest BCUT2D eigenvalue weighted by molar-refractivity contribution is 5.96. The van der Waals surface area contributed by atoms with Gasteiger partial charge in [-0.15, -0.1) is 12.4 Å². The van der Waals surface area contributed by atoms with Crippen molar-refractivity contribution in [1.82, 2.24) is 25.3 Å². The fourth-order valence-electron chi connectivity index (χ4n) is 3.85. The van der Waals surface area contributed by atoms with Crippen LogP contribution in [0.25, 0.3) is 0 Å². The Morgan fingerprint density at radius 3 is 2.93 bits per heavy atom. The van der Waals surface area contributed by atoms with Crippen molar-refractivity contribution in [3.05, 3.63) is 42.1 Å². The summed E-state index contributed by atoms with van der Waals surface area (Å²) in [5, 5.41) is 10.7. The highest BCUT2D eigenvalue weighted by Gasteiger charge is 2.35. The number of furan rings is 1. The van der Waals surface area contributed by atoms with E-state index in [2.05, 4.69) is 15.7 Å². The second kappa shape index (κ2) is 9.25. The van der Waals surface area contributed by atoms with Crippen LogP contribution < -0.4 is 10.6 Å². The zero-order valence-electron chi connectivity index (χ0n) is 15.7. The summed E-state index contributed by atoms with van der Waals surface area (Å²) in [6, 6.07) is 5.18. The van der Waals surface area contributed by atoms with Gasteiger partial charge in [-0.05, 0) is 50.4 Å². The molecule has 2 aliphatic rings. The monoisotopic (exact) mass is 407 g/mol. The normalized spacial score (nSPS) is 21.9. The maximum absolute atomic E-state index is 12.9. The smallest absolute Gasteiger partial charge is 0.275 e. The Hall–Kier alpha value is -2.32. The number of rotatable bonds is 5. The van der Waals surface area contributed by atoms with Gasteiger partial charge >= 0.3 is 0 Å². The highest BCUT2D eigenvalue weighted by atomic mass is 35.5. The maximum Gasteiger partial charge on any atom is 0.275 e. The lowest BCUT2D eigenvalue weighted by atomic mass is 10.1. The molecule has 0 saturated carbocycles. The first kappa shape index (κ1) is 20.4. The van der Waals surface area contributed by atoms with Gasteiger partial charge in [0.25, 0.3) is 5.91 Å². The molecular weight excluding hydrogens is 382 g/mol. The molecule has 2 aromatic heterocycles. The van der Waals surface area contributed by atoms with Gasteiger partial charge in [-0.1, -0.05) is 0 Å². The summed E-state index contributed by atoms with van der Waals surface area (Å²) >= 11 is 0. The van der Waals surface area contributed by atoms with Crippen molar-refractivity contribution in [2.75, 3.05) is 19.6 Å². The van der Waals surface area contributed by atoms with Crippen LogP contribution in [0.2, 0.25) is 0 Å². The van der Waals surface area contributed by atoms with Gasteiger partial charge in [0, 0.05) is 19.3 Å². The van der Waals surface area contributed by atoms with Crippen molar-refractivity contribution < 1.29 is 14.0 Å². The number of carbonyl (C=O) groups excluding carboxylic acids is 2. The minimum absolute atomic E-state index is 0. The summed E-state index contributed by atoms with van der Waals surface area (Å²) < 4.78 is 7.11. The molecule has 152 valence electrons. The zero-order valence-corrected chi connectivity index (χ0v) is 16.5. The molecule has 4 rings (SSSR count). The number of likely N-dealkylation sites (tertiary alicyclic amines) is 1. The molecule has 0 aromatic carbocycles. The summed E-state index contributed by atoms with van der Waals surface area (Å²) in [6.07, 6.45) is 7.10. The topological polar surface area (TPSA) is 92.4 Å². The molecule has 2 N–H and O–H groups in total. The van der Waals surface area contributed by atoms with E-state index in [-0.39, 0.29) is 30.3 Å². The van der Waals surface area contributed by atoms with E-state index in [1.54, 1.807) is 23.3 Å². The Labute approximate surface area is 170 Å². The molecule has 8 nitrogen and oxygen atoms in total. The molecule has 2 atom stereocenters. The molecule has 2 fully saturated rings. The van der Waals surface area contributed by atoms with Crippen molar-refractivity contribution in [2.24, 2.45) is 0 Å². The molecule has 2 saturated heterocycles. The van der Waals surface area contributed by atoms with Crippen LogP contribution in [0.3, 0.4) is 0 Å². The Kier molecular flexibility index (Phi) is 6.74. The second-order valence-electron chi connectivity index (χ2n) is 7.13. The lowest BCUT2D eigenvalue weighted by Crippen LogP contribution is -2.45. The number of carbonyl (C=O) groups is 2. The van der Waals surface area contributed by atoms with Crippen molar-refractivity contribution >= 4 is 24.2 Å². The van der Waals surface area contributed by atoms with E-state index in [4.69, 9.17) is 4.42 Å². The number of hydrogen-bond donors (Lipinski definition) is 2. The molecule has 4 heterocycles. The fraction of sp³-hybridized carbons (Fsp3) is 0.526. The molecule has 28 heavy (non-hydrogen) atoms. The highest BCUT2D eigenvalue weighted by Crippen LogP contribution is 2.21. The van der Waals surface area contributed by atoms with E-state index < -0.39 is 6.04 Å². The predicted molar refractivity (Wildman–Crippen MR) is 105 cm³/mol. The van der Waals surface area contributed by atoms with Crippen molar-refractivity contribution in [2.45, 2.75) is 44.3 Å². The minimum Gasteiger partial charge on any atom is -0.467 e. The van der Waals surface area contributed by atoms with Crippen LogP contribution in [0.15, 0.2) is 35.1 Å². The first-order valence-corrected chi connectivity index (χ1v) is 9.59. The van der Waals surface area contributed by atoms with Crippen LogP contribution in [0.4, 0.5) is 0 Å². The Morgan fingerprint density at radius 1 is 1.29 bits per heavy atom. The van der Waals surface area contributed by atoms with E-state index in [0.717, 1.165) is 32.4 Å². The first-order valence-electron chi connectivity index (χ1n) is 9.59. The molecule has 2 aromatic rings. The largest absolute Gasteiger partial charge is 0.467 e. The van der Waals surface area contributed by atoms with Gasteiger partial charge in [0.1, 0.15) is 17.5 Å². The number of nitrogens with zero attached hydrogens (tertiary/aromatic N) is 3. The number of hydrogen-bond acceptors (Lipinski definition) is 5. The van der Waals surface area contributed by atoms with E-state index in [1.165, 1.54) is 0 Å². The maximum atomic E-state index is 12.9. The average molecular weight is 408 g/mol. The quantitative estimate of drug-likeness (QED) is 0.787. The van der Waals surface area contributed by atoms with Gasteiger partial charge in [-0.3, -0.25) is 14.3 Å². The van der Waals surface area contributed by atoms with Crippen LogP contribution in [-0.2, 0) is 11.3 Å². The van der Waals surface area contributed by atoms with Gasteiger partial charge in [-0.2, -0.15) is 5.10 Å². The lowest BCUT2D eigenvalue weighted by molar-refractivity contribution is -0.125. The molecule has 9 heteroatoms. The van der Waals surface area contributed by atoms with E-state index in [9.17, 15) is 9.59 Å². The molecule has 2 amide bonds. The third-order valence-electron chi connectivity index (χ3n) is 5.31. The van der Waals surface area contributed by atoms with Gasteiger partial charge in [-0.25, -0.2) is 0 Å². The van der Waals surface area contributed by atoms with Crippen molar-refractivity contribution in [3.8, 4) is 0 Å². The fourth-order valence-corrected chi connectivity index (χ4v) is 3.85. The summed E-state index contributed by atoms with van der Waals surface area (Å²) in [6.45, 7) is 2.81. The number of halogens is 1. The second-order valence-corrected chi connectivity index (χ2v) is 7.13. The summed E-state index contributed by atoms with van der Waals surface area (Å²) in [5.74, 6) is 0.375. The lowest BCUT2D eigenvalue weighted by Gasteiger charge is -2.24. The summed E-state index contributed by atoms with van der Waals surface area (Å²) in [7, 11) is 0. The van der Waals surface area contributed by atoms with Crippen molar-refractivity contribution in [3.63, 3.8) is 0 Å². The van der Waals surface area contributed by atoms with Crippen molar-refractivity contribution in [1.29, 1.82) is 0 Å². The third-order valence-corrected chi connectivity index (χ3v) is 5.31. The predicted octanol–water partition coefficient (Wildman–Crippen LogP) is 1.74. The molecule has 2 aliphatic heterocycles. The van der Waals surface area contributed by atoms with E-state index in [0.29, 0.717) is 31.0 Å². The molecule has 0 bridgehead atoms. The van der Waals surface area contributed by atoms with Gasteiger partial charge < -0.3 is 20.0 Å². The van der Waals surface area contributed by atoms with Crippen LogP contribution in [-0.4, -0.2) is 52.2 Å². The first-order chi connectivity index (χ1) is 13.2. The minimum atomic E-state index is -0.450. The van der Waals surface area contributed by atoms with E-state index in [1.807, 2.05) is 16.9 Å². The van der Waals surface area contributed by atoms with Crippen LogP contribution in [0.1, 0.15) is 48.0 Å². The number of piperidine rings is 1. The standard InChI is InChI=1S/C19H25N5O3.ClH/c25-18(21-13-15-5-3-11-27-15)17-6-2-9-23(17)19(26)16-7-10-24(22-16)14-4-1-8-20-12-14;/h3,5,7,10-11,14,17,20H,1-2,4,6,8-9,12-13H2,(H,21,25);1H. The van der Waals surface area contributed by atoms with Gasteiger partial charge in [0.05, 0.1) is 18.8 Å². The SMILES string of the molecule is Cl.O=C(NCc1ccco1)C1CCCN1C(=O)c1ccn(C2CCCNC2)n1. The average Bonchev–Trinajstić information content (AvgIpc) is 3.47. The Morgan fingerprint density at radius 2 is 2.18 bits per heavy atom. The Balaban J connectivity index is 0.00000225. The van der Waals surface area contributed by atoms with Crippen LogP contribution in [0.5, 0.6) is 0 Å². The van der Waals surface area contributed by atoms with Crippen LogP contribution in [0, 0.1) is 0 Å². The number of amides is 2. The zero-order chi connectivity index (χ0) is 18.6.